The molecule has 0 aliphatic heterocycles. The molecule has 0 aliphatic carbocycles. The monoisotopic (exact) mass is 317 g/mol. The number of nitrogens with one attached hydrogen (secondary N) is 1. The largest absolute Gasteiger partial charge is 0.376 e. The summed E-state index contributed by atoms with van der Waals surface area (Å²) in [6, 6.07) is 3.38. The molecule has 3 nitrogen and oxygen atoms in total. The average Bonchev–Trinajstić information content (AvgIpc) is 2.62. The highest BCUT2D eigenvalue weighted by atomic mass is 35.5. The van der Waals surface area contributed by atoms with E-state index in [1.165, 1.54) is 0 Å². The van der Waals surface area contributed by atoms with Crippen LogP contribution in [0.5, 0.6) is 0 Å². The van der Waals surface area contributed by atoms with Crippen molar-refractivity contribution in [1.82, 2.24) is 9.78 Å². The molecule has 0 spiro atoms. The van der Waals surface area contributed by atoms with Gasteiger partial charge in [0.2, 0.25) is 0 Å². The Balaban J connectivity index is 2.29. The van der Waals surface area contributed by atoms with Gasteiger partial charge in [-0.2, -0.15) is 5.10 Å². The normalized spacial score (nSPS) is 12.5. The predicted octanol–water partition coefficient (Wildman–Crippen LogP) is 4.86. The van der Waals surface area contributed by atoms with Gasteiger partial charge in [0, 0.05) is 23.8 Å². The van der Waals surface area contributed by atoms with Gasteiger partial charge in [-0.05, 0) is 26.0 Å². The second-order valence-corrected chi connectivity index (χ2v) is 5.70. The van der Waals surface area contributed by atoms with Crippen LogP contribution in [0.1, 0.15) is 24.2 Å². The minimum absolute atomic E-state index is 0.0462. The molecule has 1 unspecified atom stereocenters. The molecular formula is C13H14Cl3N3. The predicted molar refractivity (Wildman–Crippen MR) is 81.5 cm³/mol. The molecule has 6 heteroatoms. The van der Waals surface area contributed by atoms with Crippen molar-refractivity contribution in [1.29, 1.82) is 0 Å². The number of aryl methyl sites for hydroxylation is 2. The van der Waals surface area contributed by atoms with Crippen LogP contribution >= 0.6 is 34.8 Å². The van der Waals surface area contributed by atoms with E-state index < -0.39 is 0 Å². The Labute approximate surface area is 127 Å². The first-order valence-corrected chi connectivity index (χ1v) is 6.93. The molecular weight excluding hydrogens is 305 g/mol. The molecule has 1 atom stereocenters. The summed E-state index contributed by atoms with van der Waals surface area (Å²) >= 11 is 18.2. The van der Waals surface area contributed by atoms with Crippen molar-refractivity contribution in [2.75, 3.05) is 5.32 Å². The summed E-state index contributed by atoms with van der Waals surface area (Å²) in [7, 11) is 1.89. The quantitative estimate of drug-likeness (QED) is 0.875. The van der Waals surface area contributed by atoms with E-state index in [1.807, 2.05) is 27.1 Å². The van der Waals surface area contributed by atoms with Crippen molar-refractivity contribution in [2.45, 2.75) is 19.9 Å². The first-order valence-electron chi connectivity index (χ1n) is 5.79. The van der Waals surface area contributed by atoms with Gasteiger partial charge < -0.3 is 5.32 Å². The zero-order valence-electron chi connectivity index (χ0n) is 10.8. The van der Waals surface area contributed by atoms with E-state index in [1.54, 1.807) is 16.8 Å². The molecule has 0 radical (unpaired) electrons. The highest BCUT2D eigenvalue weighted by molar-refractivity contribution is 6.41. The fourth-order valence-electron chi connectivity index (χ4n) is 2.02. The van der Waals surface area contributed by atoms with Crippen molar-refractivity contribution in [2.24, 2.45) is 7.05 Å². The van der Waals surface area contributed by atoms with Crippen molar-refractivity contribution < 1.29 is 0 Å². The zero-order chi connectivity index (χ0) is 14.2. The molecule has 0 amide bonds. The van der Waals surface area contributed by atoms with E-state index in [4.69, 9.17) is 34.8 Å². The minimum Gasteiger partial charge on any atom is -0.376 e. The fourth-order valence-corrected chi connectivity index (χ4v) is 2.94. The molecule has 1 heterocycles. The van der Waals surface area contributed by atoms with E-state index in [9.17, 15) is 0 Å². The molecule has 0 bridgehead atoms. The Bertz CT molecular complexity index is 584. The van der Waals surface area contributed by atoms with Gasteiger partial charge in [-0.25, -0.2) is 0 Å². The van der Waals surface area contributed by atoms with Crippen molar-refractivity contribution >= 4 is 40.5 Å². The molecule has 0 saturated heterocycles. The van der Waals surface area contributed by atoms with Crippen LogP contribution in [-0.4, -0.2) is 9.78 Å². The van der Waals surface area contributed by atoms with Crippen LogP contribution < -0.4 is 5.32 Å². The molecule has 0 aliphatic rings. The molecule has 2 rings (SSSR count). The van der Waals surface area contributed by atoms with Crippen molar-refractivity contribution in [3.05, 3.63) is 44.7 Å². The van der Waals surface area contributed by atoms with Crippen LogP contribution in [0.3, 0.4) is 0 Å². The third kappa shape index (κ3) is 3.16. The van der Waals surface area contributed by atoms with Gasteiger partial charge in [0.1, 0.15) is 0 Å². The number of hydrogen-bond acceptors (Lipinski definition) is 2. The fraction of sp³-hybridized carbons (Fsp3) is 0.308. The van der Waals surface area contributed by atoms with Crippen LogP contribution in [0, 0.1) is 6.92 Å². The smallest absolute Gasteiger partial charge is 0.0724 e. The van der Waals surface area contributed by atoms with Gasteiger partial charge in [-0.1, -0.05) is 34.8 Å². The minimum atomic E-state index is 0.0462. The van der Waals surface area contributed by atoms with E-state index in [-0.39, 0.29) is 6.04 Å². The van der Waals surface area contributed by atoms with E-state index in [0.29, 0.717) is 20.8 Å². The topological polar surface area (TPSA) is 29.9 Å². The van der Waals surface area contributed by atoms with E-state index in [0.717, 1.165) is 11.3 Å². The number of benzene rings is 1. The number of anilines is 1. The molecule has 102 valence electrons. The summed E-state index contributed by atoms with van der Waals surface area (Å²) in [6.45, 7) is 4.00. The number of halogens is 3. The summed E-state index contributed by atoms with van der Waals surface area (Å²) in [5, 5.41) is 9.15. The van der Waals surface area contributed by atoms with Crippen molar-refractivity contribution in [3.8, 4) is 0 Å². The van der Waals surface area contributed by atoms with Crippen LogP contribution in [0.25, 0.3) is 0 Å². The Hall–Kier alpha value is -0.900. The maximum absolute atomic E-state index is 6.16. The van der Waals surface area contributed by atoms with Crippen LogP contribution in [0.15, 0.2) is 18.3 Å². The summed E-state index contributed by atoms with van der Waals surface area (Å²) in [5.74, 6) is 0. The highest BCUT2D eigenvalue weighted by Crippen LogP contribution is 2.36. The van der Waals surface area contributed by atoms with Gasteiger partial charge in [0.15, 0.2) is 0 Å². The molecule has 0 saturated carbocycles. The second kappa shape index (κ2) is 5.61. The average molecular weight is 319 g/mol. The van der Waals surface area contributed by atoms with Crippen molar-refractivity contribution in [3.63, 3.8) is 0 Å². The van der Waals surface area contributed by atoms with Gasteiger partial charge in [0.05, 0.1) is 27.5 Å². The molecule has 1 aromatic heterocycles. The summed E-state index contributed by atoms with van der Waals surface area (Å²) < 4.78 is 1.79. The van der Waals surface area contributed by atoms with Crippen LogP contribution in [0.4, 0.5) is 5.69 Å². The lowest BCUT2D eigenvalue weighted by Gasteiger charge is -2.17. The zero-order valence-corrected chi connectivity index (χ0v) is 13.1. The van der Waals surface area contributed by atoms with Gasteiger partial charge in [-0.15, -0.1) is 0 Å². The molecule has 0 fully saturated rings. The maximum atomic E-state index is 6.16. The molecule has 19 heavy (non-hydrogen) atoms. The number of rotatable bonds is 3. The maximum Gasteiger partial charge on any atom is 0.0724 e. The molecule has 1 N–H and O–H groups in total. The Morgan fingerprint density at radius 2 is 1.79 bits per heavy atom. The third-order valence-corrected chi connectivity index (χ3v) is 3.70. The SMILES string of the molecule is Cc1nn(C)cc1C(C)Nc1c(Cl)cc(Cl)cc1Cl. The number of nitrogens with zero attached hydrogens (tertiary/aromatic N) is 2. The summed E-state index contributed by atoms with van der Waals surface area (Å²) in [6.07, 6.45) is 1.98. The highest BCUT2D eigenvalue weighted by Gasteiger charge is 2.15. The summed E-state index contributed by atoms with van der Waals surface area (Å²) in [4.78, 5) is 0. The standard InChI is InChI=1S/C13H14Cl3N3/c1-7(10-6-19(3)18-8(10)2)17-13-11(15)4-9(14)5-12(13)16/h4-7,17H,1-3H3. The number of aromatic nitrogens is 2. The molecule has 2 aromatic rings. The Morgan fingerprint density at radius 1 is 1.21 bits per heavy atom. The third-order valence-electron chi connectivity index (χ3n) is 2.89. The van der Waals surface area contributed by atoms with E-state index in [2.05, 4.69) is 10.4 Å². The Kier molecular flexibility index (Phi) is 4.29. The van der Waals surface area contributed by atoms with Gasteiger partial charge in [-0.3, -0.25) is 4.68 Å². The van der Waals surface area contributed by atoms with Crippen LogP contribution in [-0.2, 0) is 7.05 Å². The van der Waals surface area contributed by atoms with Gasteiger partial charge >= 0.3 is 0 Å². The Morgan fingerprint density at radius 3 is 2.26 bits per heavy atom. The lowest BCUT2D eigenvalue weighted by atomic mass is 10.1. The van der Waals surface area contributed by atoms with Crippen LogP contribution in [0.2, 0.25) is 15.1 Å². The van der Waals surface area contributed by atoms with Gasteiger partial charge in [0.25, 0.3) is 0 Å². The molecule has 1 aromatic carbocycles. The second-order valence-electron chi connectivity index (χ2n) is 4.45. The number of hydrogen-bond donors (Lipinski definition) is 1. The summed E-state index contributed by atoms with van der Waals surface area (Å²) in [5.41, 5.74) is 2.76. The lowest BCUT2D eigenvalue weighted by molar-refractivity contribution is 0.756. The lowest BCUT2D eigenvalue weighted by Crippen LogP contribution is -2.08. The van der Waals surface area contributed by atoms with E-state index >= 15 is 0 Å². The first-order chi connectivity index (χ1) is 8.88. The first kappa shape index (κ1) is 14.5.